The maximum Gasteiger partial charge on any atom is 0.228 e. The van der Waals surface area contributed by atoms with E-state index in [2.05, 4.69) is 22.5 Å². The highest BCUT2D eigenvalue weighted by Crippen LogP contribution is 2.31. The second kappa shape index (κ2) is 5.13. The van der Waals surface area contributed by atoms with Crippen LogP contribution in [0.2, 0.25) is 0 Å². The fraction of sp³-hybridized carbons (Fsp3) is 0.286. The first-order valence-corrected chi connectivity index (χ1v) is 7.37. The van der Waals surface area contributed by atoms with Crippen LogP contribution in [0.15, 0.2) is 18.3 Å². The number of aromatic nitrogens is 1. The van der Waals surface area contributed by atoms with Gasteiger partial charge in [0.25, 0.3) is 0 Å². The Balaban J connectivity index is 1.74. The Morgan fingerprint density at radius 2 is 2.35 bits per heavy atom. The van der Waals surface area contributed by atoms with Crippen LogP contribution in [0.25, 0.3) is 0 Å². The summed E-state index contributed by atoms with van der Waals surface area (Å²) >= 11 is 1.70. The standard InChI is InChI=1S/C14H16N4OS/c1-2-9-6-17-14(20-9)7-16-12-5-11-8(3-10(12)15)4-13(19)18-11/h3,5-6,16H,2,4,7,15H2,1H3,(H,18,19). The SMILES string of the molecule is CCc1cnc(CNc2cc3c(cc2N)CC(=O)N3)s1. The molecule has 3 rings (SSSR count). The molecule has 0 spiro atoms. The number of benzene rings is 1. The molecule has 0 saturated carbocycles. The largest absolute Gasteiger partial charge is 0.397 e. The lowest BCUT2D eigenvalue weighted by Gasteiger charge is -2.10. The molecule has 2 heterocycles. The predicted molar refractivity (Wildman–Crippen MR) is 82.0 cm³/mol. The third-order valence-electron chi connectivity index (χ3n) is 3.28. The first-order valence-electron chi connectivity index (χ1n) is 6.55. The van der Waals surface area contributed by atoms with E-state index in [0.717, 1.165) is 28.4 Å². The minimum Gasteiger partial charge on any atom is -0.397 e. The minimum atomic E-state index is 0.0176. The first kappa shape index (κ1) is 12.9. The molecule has 0 fully saturated rings. The monoisotopic (exact) mass is 288 g/mol. The number of anilines is 3. The van der Waals surface area contributed by atoms with E-state index in [1.165, 1.54) is 4.88 Å². The molecular formula is C14H16N4OS. The number of aryl methyl sites for hydroxylation is 1. The molecule has 5 nitrogen and oxygen atoms in total. The van der Waals surface area contributed by atoms with Gasteiger partial charge >= 0.3 is 0 Å². The summed E-state index contributed by atoms with van der Waals surface area (Å²) < 4.78 is 0. The van der Waals surface area contributed by atoms with Crippen molar-refractivity contribution >= 4 is 34.3 Å². The second-order valence-corrected chi connectivity index (χ2v) is 5.95. The zero-order chi connectivity index (χ0) is 14.1. The molecule has 0 radical (unpaired) electrons. The Morgan fingerprint density at radius 3 is 3.10 bits per heavy atom. The molecular weight excluding hydrogens is 272 g/mol. The molecule has 1 aromatic carbocycles. The van der Waals surface area contributed by atoms with Crippen molar-refractivity contribution in [3.63, 3.8) is 0 Å². The second-order valence-electron chi connectivity index (χ2n) is 4.75. The summed E-state index contributed by atoms with van der Waals surface area (Å²) in [6.07, 6.45) is 3.32. The molecule has 1 aliphatic rings. The molecule has 104 valence electrons. The van der Waals surface area contributed by atoms with Crippen LogP contribution in [0.5, 0.6) is 0 Å². The highest BCUT2D eigenvalue weighted by molar-refractivity contribution is 7.11. The molecule has 1 amide bonds. The molecule has 0 bridgehead atoms. The summed E-state index contributed by atoms with van der Waals surface area (Å²) in [5.41, 5.74) is 9.31. The van der Waals surface area contributed by atoms with Gasteiger partial charge in [0.15, 0.2) is 0 Å². The van der Waals surface area contributed by atoms with Crippen molar-refractivity contribution in [2.45, 2.75) is 26.3 Å². The molecule has 0 atom stereocenters. The molecule has 1 aliphatic heterocycles. The van der Waals surface area contributed by atoms with Crippen LogP contribution in [-0.2, 0) is 24.2 Å². The van der Waals surface area contributed by atoms with E-state index in [-0.39, 0.29) is 5.91 Å². The molecule has 0 aliphatic carbocycles. The van der Waals surface area contributed by atoms with Crippen LogP contribution < -0.4 is 16.4 Å². The number of thiazole rings is 1. The Morgan fingerprint density at radius 1 is 1.50 bits per heavy atom. The van der Waals surface area contributed by atoms with E-state index in [1.54, 1.807) is 11.3 Å². The van der Waals surface area contributed by atoms with Gasteiger partial charge in [-0.3, -0.25) is 4.79 Å². The Kier molecular flexibility index (Phi) is 3.31. The predicted octanol–water partition coefficient (Wildman–Crippen LogP) is 2.39. The van der Waals surface area contributed by atoms with Crippen molar-refractivity contribution < 1.29 is 4.79 Å². The maximum absolute atomic E-state index is 11.4. The molecule has 0 unspecified atom stereocenters. The van der Waals surface area contributed by atoms with Gasteiger partial charge in [0.1, 0.15) is 5.01 Å². The fourth-order valence-electron chi connectivity index (χ4n) is 2.21. The number of nitrogens with zero attached hydrogens (tertiary/aromatic N) is 1. The van der Waals surface area contributed by atoms with Crippen LogP contribution in [-0.4, -0.2) is 10.9 Å². The Hall–Kier alpha value is -2.08. The van der Waals surface area contributed by atoms with E-state index in [4.69, 9.17) is 5.73 Å². The van der Waals surface area contributed by atoms with Crippen LogP contribution >= 0.6 is 11.3 Å². The summed E-state index contributed by atoms with van der Waals surface area (Å²) in [5, 5.41) is 7.14. The quantitative estimate of drug-likeness (QED) is 0.755. The average Bonchev–Trinajstić information content (AvgIpc) is 3.01. The van der Waals surface area contributed by atoms with Crippen molar-refractivity contribution in [1.29, 1.82) is 0 Å². The third kappa shape index (κ3) is 2.46. The number of carbonyl (C=O) groups excluding carboxylic acids is 1. The van der Waals surface area contributed by atoms with E-state index in [0.29, 0.717) is 18.7 Å². The van der Waals surface area contributed by atoms with Gasteiger partial charge in [-0.15, -0.1) is 11.3 Å². The van der Waals surface area contributed by atoms with Gasteiger partial charge in [-0.25, -0.2) is 4.98 Å². The van der Waals surface area contributed by atoms with Crippen molar-refractivity contribution in [2.75, 3.05) is 16.4 Å². The van der Waals surface area contributed by atoms with Crippen LogP contribution in [0.1, 0.15) is 22.4 Å². The van der Waals surface area contributed by atoms with Gasteiger partial charge in [-0.2, -0.15) is 0 Å². The van der Waals surface area contributed by atoms with Gasteiger partial charge < -0.3 is 16.4 Å². The van der Waals surface area contributed by atoms with Gasteiger partial charge in [-0.05, 0) is 24.1 Å². The van der Waals surface area contributed by atoms with Gasteiger partial charge in [-0.1, -0.05) is 6.92 Å². The van der Waals surface area contributed by atoms with Crippen molar-refractivity contribution in [1.82, 2.24) is 4.98 Å². The summed E-state index contributed by atoms with van der Waals surface area (Å²) in [7, 11) is 0. The van der Waals surface area contributed by atoms with Gasteiger partial charge in [0.05, 0.1) is 24.3 Å². The van der Waals surface area contributed by atoms with Crippen molar-refractivity contribution in [3.8, 4) is 0 Å². The summed E-state index contributed by atoms with van der Waals surface area (Å²) in [6.45, 7) is 2.76. The topological polar surface area (TPSA) is 80.0 Å². The Bertz CT molecular complexity index is 665. The molecule has 4 N–H and O–H groups in total. The lowest BCUT2D eigenvalue weighted by molar-refractivity contribution is -0.115. The zero-order valence-corrected chi connectivity index (χ0v) is 12.0. The molecule has 1 aromatic heterocycles. The number of fused-ring (bicyclic) bond motifs is 1. The molecule has 20 heavy (non-hydrogen) atoms. The summed E-state index contributed by atoms with van der Waals surface area (Å²) in [6, 6.07) is 3.75. The third-order valence-corrected chi connectivity index (χ3v) is 4.42. The van der Waals surface area contributed by atoms with Crippen LogP contribution in [0, 0.1) is 0 Å². The average molecular weight is 288 g/mol. The van der Waals surface area contributed by atoms with E-state index < -0.39 is 0 Å². The van der Waals surface area contributed by atoms with Crippen LogP contribution in [0.3, 0.4) is 0 Å². The normalized spacial score (nSPS) is 13.2. The lowest BCUT2D eigenvalue weighted by Crippen LogP contribution is -2.04. The molecule has 6 heteroatoms. The maximum atomic E-state index is 11.4. The lowest BCUT2D eigenvalue weighted by atomic mass is 10.1. The van der Waals surface area contributed by atoms with Crippen LogP contribution in [0.4, 0.5) is 17.1 Å². The summed E-state index contributed by atoms with van der Waals surface area (Å²) in [5.74, 6) is 0.0176. The van der Waals surface area contributed by atoms with E-state index in [1.807, 2.05) is 18.3 Å². The fourth-order valence-corrected chi connectivity index (χ4v) is 3.01. The minimum absolute atomic E-state index is 0.0176. The molecule has 2 aromatic rings. The number of hydrogen-bond donors (Lipinski definition) is 3. The smallest absolute Gasteiger partial charge is 0.228 e. The zero-order valence-electron chi connectivity index (χ0n) is 11.2. The number of carbonyl (C=O) groups is 1. The highest BCUT2D eigenvalue weighted by atomic mass is 32.1. The van der Waals surface area contributed by atoms with E-state index >= 15 is 0 Å². The number of nitrogen functional groups attached to an aromatic ring is 1. The van der Waals surface area contributed by atoms with E-state index in [9.17, 15) is 4.79 Å². The first-order chi connectivity index (χ1) is 9.65. The van der Waals surface area contributed by atoms with Gasteiger partial charge in [0, 0.05) is 16.8 Å². The summed E-state index contributed by atoms with van der Waals surface area (Å²) in [4.78, 5) is 17.0. The Labute approximate surface area is 121 Å². The highest BCUT2D eigenvalue weighted by Gasteiger charge is 2.19. The van der Waals surface area contributed by atoms with Crippen molar-refractivity contribution in [2.24, 2.45) is 0 Å². The number of nitrogens with one attached hydrogen (secondary N) is 2. The molecule has 0 saturated heterocycles. The van der Waals surface area contributed by atoms with Gasteiger partial charge in [0.2, 0.25) is 5.91 Å². The number of rotatable bonds is 4. The van der Waals surface area contributed by atoms with Crippen molar-refractivity contribution in [3.05, 3.63) is 33.8 Å². The number of hydrogen-bond acceptors (Lipinski definition) is 5. The number of nitrogens with two attached hydrogens (primary N) is 1. The number of amides is 1.